The molecule has 0 fully saturated rings. The standard InChI is InChI=1S/C12H9Cl2NO3S/c1-2-7-18-9-4-5-10(19(14,16)17)8-3-6-11(13)15-12(8)9/h2-6H,1,7H2. The predicted octanol–water partition coefficient (Wildman–Crippen LogP) is 3.38. The van der Waals surface area contributed by atoms with Gasteiger partial charge in [-0.2, -0.15) is 0 Å². The Morgan fingerprint density at radius 2 is 2.05 bits per heavy atom. The van der Waals surface area contributed by atoms with Crippen LogP contribution in [0.5, 0.6) is 5.75 Å². The molecule has 0 saturated carbocycles. The quantitative estimate of drug-likeness (QED) is 0.493. The predicted molar refractivity (Wildman–Crippen MR) is 75.5 cm³/mol. The Kier molecular flexibility index (Phi) is 3.99. The SMILES string of the molecule is C=CCOc1ccc(S(=O)(=O)Cl)c2ccc(Cl)nc12. The molecule has 0 aliphatic heterocycles. The molecular formula is C12H9Cl2NO3S. The van der Waals surface area contributed by atoms with Gasteiger partial charge in [0.1, 0.15) is 23.0 Å². The second-order valence-electron chi connectivity index (χ2n) is 3.63. The highest BCUT2D eigenvalue weighted by molar-refractivity contribution is 8.14. The van der Waals surface area contributed by atoms with Gasteiger partial charge in [0.05, 0.1) is 4.90 Å². The number of pyridine rings is 1. The Bertz CT molecular complexity index is 744. The zero-order valence-corrected chi connectivity index (χ0v) is 12.0. The summed E-state index contributed by atoms with van der Waals surface area (Å²) in [7, 11) is 1.52. The molecular weight excluding hydrogens is 309 g/mol. The molecule has 1 heterocycles. The van der Waals surface area contributed by atoms with E-state index in [1.165, 1.54) is 18.2 Å². The van der Waals surface area contributed by atoms with Crippen molar-refractivity contribution in [3.05, 3.63) is 42.1 Å². The molecule has 0 radical (unpaired) electrons. The molecule has 1 aromatic heterocycles. The molecule has 0 bridgehead atoms. The normalized spacial score (nSPS) is 11.5. The summed E-state index contributed by atoms with van der Waals surface area (Å²) >= 11 is 5.82. The number of nitrogens with zero attached hydrogens (tertiary/aromatic N) is 1. The van der Waals surface area contributed by atoms with E-state index in [1.807, 2.05) is 0 Å². The van der Waals surface area contributed by atoms with Gasteiger partial charge in [0.25, 0.3) is 9.05 Å². The van der Waals surface area contributed by atoms with Crippen molar-refractivity contribution in [2.24, 2.45) is 0 Å². The smallest absolute Gasteiger partial charge is 0.261 e. The first kappa shape index (κ1) is 14.1. The zero-order chi connectivity index (χ0) is 14.0. The molecule has 0 aliphatic rings. The minimum atomic E-state index is -3.87. The number of ether oxygens (including phenoxy) is 1. The molecule has 0 N–H and O–H groups in total. The van der Waals surface area contributed by atoms with E-state index in [0.717, 1.165) is 0 Å². The second-order valence-corrected chi connectivity index (χ2v) is 6.55. The van der Waals surface area contributed by atoms with Crippen molar-refractivity contribution in [3.63, 3.8) is 0 Å². The summed E-state index contributed by atoms with van der Waals surface area (Å²) < 4.78 is 28.4. The van der Waals surface area contributed by atoms with Gasteiger partial charge in [-0.25, -0.2) is 13.4 Å². The van der Waals surface area contributed by atoms with Gasteiger partial charge in [0.2, 0.25) is 0 Å². The van der Waals surface area contributed by atoms with Crippen LogP contribution in [0.3, 0.4) is 0 Å². The summed E-state index contributed by atoms with van der Waals surface area (Å²) in [6.45, 7) is 3.82. The Morgan fingerprint density at radius 3 is 2.68 bits per heavy atom. The number of aromatic nitrogens is 1. The van der Waals surface area contributed by atoms with E-state index < -0.39 is 9.05 Å². The third-order valence-electron chi connectivity index (χ3n) is 2.37. The van der Waals surface area contributed by atoms with E-state index in [-0.39, 0.29) is 16.7 Å². The van der Waals surface area contributed by atoms with E-state index in [0.29, 0.717) is 16.7 Å². The van der Waals surface area contributed by atoms with Crippen molar-refractivity contribution in [3.8, 4) is 5.75 Å². The third-order valence-corrected chi connectivity index (χ3v) is 3.96. The fourth-order valence-corrected chi connectivity index (χ4v) is 2.83. The molecule has 0 saturated heterocycles. The Balaban J connectivity index is 2.75. The van der Waals surface area contributed by atoms with Crippen LogP contribution in [0.2, 0.25) is 5.15 Å². The van der Waals surface area contributed by atoms with Gasteiger partial charge in [-0.3, -0.25) is 0 Å². The topological polar surface area (TPSA) is 56.3 Å². The minimum Gasteiger partial charge on any atom is -0.487 e. The molecule has 0 spiro atoms. The van der Waals surface area contributed by atoms with E-state index in [2.05, 4.69) is 11.6 Å². The largest absolute Gasteiger partial charge is 0.487 e. The lowest BCUT2D eigenvalue weighted by Crippen LogP contribution is -1.98. The van der Waals surface area contributed by atoms with Gasteiger partial charge in [0.15, 0.2) is 0 Å². The van der Waals surface area contributed by atoms with Crippen molar-refractivity contribution in [2.75, 3.05) is 6.61 Å². The first-order chi connectivity index (χ1) is 8.93. The number of fused-ring (bicyclic) bond motifs is 1. The Morgan fingerprint density at radius 1 is 1.32 bits per heavy atom. The summed E-state index contributed by atoms with van der Waals surface area (Å²) in [6.07, 6.45) is 1.57. The van der Waals surface area contributed by atoms with Crippen LogP contribution in [0, 0.1) is 0 Å². The minimum absolute atomic E-state index is 0.0284. The molecule has 2 rings (SSSR count). The molecule has 0 aliphatic carbocycles. The van der Waals surface area contributed by atoms with Gasteiger partial charge in [-0.15, -0.1) is 0 Å². The van der Waals surface area contributed by atoms with Crippen molar-refractivity contribution >= 4 is 42.2 Å². The van der Waals surface area contributed by atoms with Crippen LogP contribution in [-0.2, 0) is 9.05 Å². The van der Waals surface area contributed by atoms with Gasteiger partial charge in [-0.05, 0) is 24.3 Å². The molecule has 7 heteroatoms. The fourth-order valence-electron chi connectivity index (χ4n) is 1.62. The molecule has 0 unspecified atom stereocenters. The number of hydrogen-bond donors (Lipinski definition) is 0. The summed E-state index contributed by atoms with van der Waals surface area (Å²) in [6, 6.07) is 5.90. The van der Waals surface area contributed by atoms with Gasteiger partial charge >= 0.3 is 0 Å². The van der Waals surface area contributed by atoms with Gasteiger partial charge < -0.3 is 4.74 Å². The third kappa shape index (κ3) is 3.00. The van der Waals surface area contributed by atoms with E-state index in [1.54, 1.807) is 12.1 Å². The molecule has 1 aromatic carbocycles. The lowest BCUT2D eigenvalue weighted by molar-refractivity contribution is 0.366. The van der Waals surface area contributed by atoms with E-state index >= 15 is 0 Å². The second kappa shape index (κ2) is 5.36. The Labute approximate surface area is 120 Å². The highest BCUT2D eigenvalue weighted by atomic mass is 35.7. The lowest BCUT2D eigenvalue weighted by Gasteiger charge is -2.09. The molecule has 100 valence electrons. The highest BCUT2D eigenvalue weighted by Crippen LogP contribution is 2.32. The number of benzene rings is 1. The van der Waals surface area contributed by atoms with Gasteiger partial charge in [0, 0.05) is 16.1 Å². The maximum atomic E-state index is 11.5. The maximum absolute atomic E-state index is 11.5. The van der Waals surface area contributed by atoms with E-state index in [9.17, 15) is 8.42 Å². The number of hydrogen-bond acceptors (Lipinski definition) is 4. The van der Waals surface area contributed by atoms with Crippen LogP contribution < -0.4 is 4.74 Å². The van der Waals surface area contributed by atoms with Crippen molar-refractivity contribution in [1.82, 2.24) is 4.98 Å². The van der Waals surface area contributed by atoms with Crippen LogP contribution in [0.15, 0.2) is 41.8 Å². The molecule has 4 nitrogen and oxygen atoms in total. The number of halogens is 2. The summed E-state index contributed by atoms with van der Waals surface area (Å²) in [5, 5.41) is 0.598. The molecule has 0 amide bonds. The van der Waals surface area contributed by atoms with Crippen molar-refractivity contribution < 1.29 is 13.2 Å². The lowest BCUT2D eigenvalue weighted by atomic mass is 10.2. The first-order valence-electron chi connectivity index (χ1n) is 5.21. The zero-order valence-electron chi connectivity index (χ0n) is 9.64. The summed E-state index contributed by atoms with van der Waals surface area (Å²) in [5.41, 5.74) is 0.344. The summed E-state index contributed by atoms with van der Waals surface area (Å²) in [4.78, 5) is 4.06. The summed E-state index contributed by atoms with van der Waals surface area (Å²) in [5.74, 6) is 0.418. The van der Waals surface area contributed by atoms with Crippen LogP contribution in [0.4, 0.5) is 0 Å². The number of rotatable bonds is 4. The van der Waals surface area contributed by atoms with Crippen molar-refractivity contribution in [2.45, 2.75) is 4.90 Å². The van der Waals surface area contributed by atoms with Crippen molar-refractivity contribution in [1.29, 1.82) is 0 Å². The molecule has 19 heavy (non-hydrogen) atoms. The van der Waals surface area contributed by atoms with Crippen LogP contribution >= 0.6 is 22.3 Å². The monoisotopic (exact) mass is 317 g/mol. The van der Waals surface area contributed by atoms with Crippen LogP contribution in [-0.4, -0.2) is 20.0 Å². The fraction of sp³-hybridized carbons (Fsp3) is 0.0833. The van der Waals surface area contributed by atoms with Crippen LogP contribution in [0.1, 0.15) is 0 Å². The molecule has 0 atom stereocenters. The Hall–Kier alpha value is -1.30. The first-order valence-corrected chi connectivity index (χ1v) is 7.90. The average molecular weight is 318 g/mol. The average Bonchev–Trinajstić information content (AvgIpc) is 2.34. The molecule has 2 aromatic rings. The highest BCUT2D eigenvalue weighted by Gasteiger charge is 2.17. The van der Waals surface area contributed by atoms with Crippen LogP contribution in [0.25, 0.3) is 10.9 Å². The maximum Gasteiger partial charge on any atom is 0.261 e. The van der Waals surface area contributed by atoms with Gasteiger partial charge in [-0.1, -0.05) is 24.3 Å². The van der Waals surface area contributed by atoms with E-state index in [4.69, 9.17) is 27.0 Å².